The van der Waals surface area contributed by atoms with E-state index in [0.717, 1.165) is 5.56 Å². The Hall–Kier alpha value is -2.30. The largest absolute Gasteiger partial charge is 0.493 e. The van der Waals surface area contributed by atoms with E-state index in [1.807, 2.05) is 0 Å². The number of ketones is 1. The lowest BCUT2D eigenvalue weighted by atomic mass is 10.0. The summed E-state index contributed by atoms with van der Waals surface area (Å²) in [6.45, 7) is -0.0180. The fourth-order valence-corrected chi connectivity index (χ4v) is 2.27. The molecule has 0 amide bonds. The zero-order valence-electron chi connectivity index (χ0n) is 12.3. The molecular weight excluding hydrogens is 305 g/mol. The van der Waals surface area contributed by atoms with Crippen LogP contribution in [0.25, 0.3) is 0 Å². The summed E-state index contributed by atoms with van der Waals surface area (Å²) in [7, 11) is 0. The topological polar surface area (TPSA) is 26.3 Å². The van der Waals surface area contributed by atoms with Crippen LogP contribution in [-0.4, -0.2) is 18.3 Å². The molecule has 2 aromatic carbocycles. The minimum absolute atomic E-state index is 0.0180. The highest BCUT2D eigenvalue weighted by molar-refractivity contribution is 5.97. The van der Waals surface area contributed by atoms with Gasteiger partial charge in [0, 0.05) is 18.4 Å². The fraction of sp³-hybridized carbons (Fsp3) is 0.278. The van der Waals surface area contributed by atoms with Crippen LogP contribution in [0.4, 0.5) is 13.2 Å². The first kappa shape index (κ1) is 15.6. The first-order valence-corrected chi connectivity index (χ1v) is 7.32. The third kappa shape index (κ3) is 3.92. The Labute approximate surface area is 131 Å². The van der Waals surface area contributed by atoms with Crippen molar-refractivity contribution in [2.24, 2.45) is 5.92 Å². The van der Waals surface area contributed by atoms with Crippen molar-refractivity contribution in [3.63, 3.8) is 0 Å². The highest BCUT2D eigenvalue weighted by Gasteiger charge is 2.57. The quantitative estimate of drug-likeness (QED) is 0.742. The van der Waals surface area contributed by atoms with Crippen molar-refractivity contribution in [2.45, 2.75) is 18.8 Å². The van der Waals surface area contributed by atoms with E-state index >= 15 is 0 Å². The van der Waals surface area contributed by atoms with E-state index in [2.05, 4.69) is 0 Å². The molecule has 5 heteroatoms. The van der Waals surface area contributed by atoms with Gasteiger partial charge in [0.25, 0.3) is 5.92 Å². The van der Waals surface area contributed by atoms with Gasteiger partial charge < -0.3 is 4.74 Å². The van der Waals surface area contributed by atoms with Crippen LogP contribution >= 0.6 is 0 Å². The molecule has 1 aliphatic rings. The summed E-state index contributed by atoms with van der Waals surface area (Å²) in [5.41, 5.74) is 1.23. The summed E-state index contributed by atoms with van der Waals surface area (Å²) in [5.74, 6) is -3.28. The number of hydrogen-bond donors (Lipinski definition) is 0. The molecule has 2 nitrogen and oxygen atoms in total. The molecule has 1 aliphatic carbocycles. The fourth-order valence-electron chi connectivity index (χ4n) is 2.27. The Balaban J connectivity index is 1.56. The number of benzene rings is 2. The standard InChI is InChI=1S/C18H15F3O2/c19-15-5-1-12(2-6-15)9-17(22)13-3-7-16(8-4-13)23-11-14-10-18(14,20)21/h1-8,14H,9-11H2. The summed E-state index contributed by atoms with van der Waals surface area (Å²) in [6.07, 6.45) is 0.0516. The summed E-state index contributed by atoms with van der Waals surface area (Å²) in [6, 6.07) is 12.2. The number of alkyl halides is 2. The van der Waals surface area contributed by atoms with Crippen molar-refractivity contribution >= 4 is 5.78 Å². The van der Waals surface area contributed by atoms with Gasteiger partial charge in [-0.2, -0.15) is 0 Å². The van der Waals surface area contributed by atoms with Gasteiger partial charge in [0.2, 0.25) is 0 Å². The third-order valence-electron chi connectivity index (χ3n) is 3.86. The average Bonchev–Trinajstić information content (AvgIpc) is 3.15. The Morgan fingerprint density at radius 1 is 1.09 bits per heavy atom. The molecule has 1 fully saturated rings. The average molecular weight is 320 g/mol. The molecule has 1 saturated carbocycles. The predicted molar refractivity (Wildman–Crippen MR) is 79.4 cm³/mol. The molecule has 0 aromatic heterocycles. The normalized spacial score (nSPS) is 18.5. The lowest BCUT2D eigenvalue weighted by molar-refractivity contribution is 0.0856. The van der Waals surface area contributed by atoms with Gasteiger partial charge in [-0.3, -0.25) is 4.79 Å². The summed E-state index contributed by atoms with van der Waals surface area (Å²) in [5, 5.41) is 0. The molecule has 0 spiro atoms. The van der Waals surface area contributed by atoms with Crippen LogP contribution in [-0.2, 0) is 6.42 Å². The van der Waals surface area contributed by atoms with Crippen molar-refractivity contribution < 1.29 is 22.7 Å². The maximum Gasteiger partial charge on any atom is 0.255 e. The van der Waals surface area contributed by atoms with E-state index in [0.29, 0.717) is 11.3 Å². The second-order valence-corrected chi connectivity index (χ2v) is 5.72. The van der Waals surface area contributed by atoms with Crippen LogP contribution in [0.15, 0.2) is 48.5 Å². The zero-order chi connectivity index (χ0) is 16.4. The van der Waals surface area contributed by atoms with Crippen molar-refractivity contribution in [1.82, 2.24) is 0 Å². The predicted octanol–water partition coefficient (Wildman–Crippen LogP) is 4.29. The van der Waals surface area contributed by atoms with E-state index in [1.165, 1.54) is 12.1 Å². The molecule has 3 rings (SSSR count). The second-order valence-electron chi connectivity index (χ2n) is 5.72. The molecule has 23 heavy (non-hydrogen) atoms. The monoisotopic (exact) mass is 320 g/mol. The van der Waals surface area contributed by atoms with Gasteiger partial charge >= 0.3 is 0 Å². The lowest BCUT2D eigenvalue weighted by Gasteiger charge is -2.07. The first-order valence-electron chi connectivity index (χ1n) is 7.32. The number of halogens is 3. The maximum absolute atomic E-state index is 12.8. The van der Waals surface area contributed by atoms with Crippen LogP contribution in [0, 0.1) is 11.7 Å². The highest BCUT2D eigenvalue weighted by Crippen LogP contribution is 2.48. The summed E-state index contributed by atoms with van der Waals surface area (Å²) < 4.78 is 43.6. The molecule has 0 radical (unpaired) electrons. The van der Waals surface area contributed by atoms with Crippen molar-refractivity contribution in [2.75, 3.05) is 6.61 Å². The minimum Gasteiger partial charge on any atom is -0.493 e. The number of carbonyl (C=O) groups excluding carboxylic acids is 1. The van der Waals surface area contributed by atoms with Crippen molar-refractivity contribution in [1.29, 1.82) is 0 Å². The van der Waals surface area contributed by atoms with Gasteiger partial charge in [-0.15, -0.1) is 0 Å². The smallest absolute Gasteiger partial charge is 0.255 e. The van der Waals surface area contributed by atoms with Gasteiger partial charge in [-0.05, 0) is 42.0 Å². The Morgan fingerprint density at radius 3 is 2.26 bits per heavy atom. The van der Waals surface area contributed by atoms with Crippen LogP contribution in [0.2, 0.25) is 0 Å². The van der Waals surface area contributed by atoms with E-state index in [-0.39, 0.29) is 31.0 Å². The Kier molecular flexibility index (Phi) is 4.11. The van der Waals surface area contributed by atoms with E-state index < -0.39 is 11.8 Å². The molecule has 0 aliphatic heterocycles. The first-order chi connectivity index (χ1) is 10.9. The van der Waals surface area contributed by atoms with Crippen LogP contribution < -0.4 is 4.74 Å². The van der Waals surface area contributed by atoms with Gasteiger partial charge in [0.05, 0.1) is 12.5 Å². The van der Waals surface area contributed by atoms with E-state index in [1.54, 1.807) is 36.4 Å². The zero-order valence-corrected chi connectivity index (χ0v) is 12.3. The number of Topliss-reactive ketones (excluding diaryl/α,β-unsaturated/α-hetero) is 1. The number of rotatable bonds is 6. The molecule has 1 atom stereocenters. The van der Waals surface area contributed by atoms with Gasteiger partial charge in [0.1, 0.15) is 11.6 Å². The van der Waals surface area contributed by atoms with Crippen LogP contribution in [0.3, 0.4) is 0 Å². The van der Waals surface area contributed by atoms with E-state index in [4.69, 9.17) is 4.74 Å². The molecule has 1 unspecified atom stereocenters. The molecule has 2 aromatic rings. The summed E-state index contributed by atoms with van der Waals surface area (Å²) in [4.78, 5) is 12.1. The highest BCUT2D eigenvalue weighted by atomic mass is 19.3. The molecule has 0 bridgehead atoms. The Morgan fingerprint density at radius 2 is 1.70 bits per heavy atom. The third-order valence-corrected chi connectivity index (χ3v) is 3.86. The number of carbonyl (C=O) groups is 1. The van der Waals surface area contributed by atoms with Crippen molar-refractivity contribution in [3.05, 3.63) is 65.5 Å². The van der Waals surface area contributed by atoms with Gasteiger partial charge in [-0.25, -0.2) is 13.2 Å². The number of hydrogen-bond acceptors (Lipinski definition) is 2. The Bertz CT molecular complexity index is 693. The second kappa shape index (κ2) is 6.07. The molecule has 0 heterocycles. The summed E-state index contributed by atoms with van der Waals surface area (Å²) >= 11 is 0. The molecule has 0 N–H and O–H groups in total. The molecule has 120 valence electrons. The van der Waals surface area contributed by atoms with Crippen molar-refractivity contribution in [3.8, 4) is 5.75 Å². The van der Waals surface area contributed by atoms with Gasteiger partial charge in [0.15, 0.2) is 5.78 Å². The van der Waals surface area contributed by atoms with E-state index in [9.17, 15) is 18.0 Å². The molecule has 0 saturated heterocycles. The SMILES string of the molecule is O=C(Cc1ccc(F)cc1)c1ccc(OCC2CC2(F)F)cc1. The lowest BCUT2D eigenvalue weighted by Crippen LogP contribution is -2.06. The number of ether oxygens (including phenoxy) is 1. The van der Waals surface area contributed by atoms with Crippen LogP contribution in [0.5, 0.6) is 5.75 Å². The minimum atomic E-state index is -2.59. The van der Waals surface area contributed by atoms with Gasteiger partial charge in [-0.1, -0.05) is 12.1 Å². The molecular formula is C18H15F3O2. The van der Waals surface area contributed by atoms with Crippen LogP contribution in [0.1, 0.15) is 22.3 Å². The maximum atomic E-state index is 12.8.